The fourth-order valence-electron chi connectivity index (χ4n) is 2.93. The highest BCUT2D eigenvalue weighted by molar-refractivity contribution is 8.01. The van der Waals surface area contributed by atoms with Gasteiger partial charge in [-0.05, 0) is 44.6 Å². The van der Waals surface area contributed by atoms with Gasteiger partial charge in [-0.15, -0.1) is 23.1 Å². The fourth-order valence-corrected chi connectivity index (χ4v) is 6.43. The Bertz CT molecular complexity index is 1290. The van der Waals surface area contributed by atoms with Crippen LogP contribution in [0.5, 0.6) is 0 Å². The molecule has 1 aromatic heterocycles. The van der Waals surface area contributed by atoms with Crippen molar-refractivity contribution >= 4 is 38.9 Å². The van der Waals surface area contributed by atoms with E-state index in [1.54, 1.807) is 13.8 Å². The average Bonchev–Trinajstić information content (AvgIpc) is 3.06. The number of imidazole rings is 1. The highest BCUT2D eigenvalue weighted by Gasteiger charge is 2.56. The summed E-state index contributed by atoms with van der Waals surface area (Å²) in [5.74, 6) is -4.79. The van der Waals surface area contributed by atoms with Crippen molar-refractivity contribution < 1.29 is 30.4 Å². The number of rotatable bonds is 9. The van der Waals surface area contributed by atoms with Crippen molar-refractivity contribution in [2.24, 2.45) is 0 Å². The number of aromatic nitrogens is 3. The Labute approximate surface area is 199 Å². The Balaban J connectivity index is 1.84. The van der Waals surface area contributed by atoms with Crippen LogP contribution >= 0.6 is 23.1 Å². The number of nitrogens with one attached hydrogen (secondary N) is 1. The van der Waals surface area contributed by atoms with Gasteiger partial charge in [0.15, 0.2) is 5.82 Å². The van der Waals surface area contributed by atoms with Gasteiger partial charge in [-0.25, -0.2) is 13.2 Å². The summed E-state index contributed by atoms with van der Waals surface area (Å²) in [4.78, 5) is 20.7. The van der Waals surface area contributed by atoms with Gasteiger partial charge in [-0.3, -0.25) is 14.3 Å². The predicted octanol–water partition coefficient (Wildman–Crippen LogP) is 5.00. The molecule has 0 radical (unpaired) electrons. The van der Waals surface area contributed by atoms with Crippen LogP contribution in [0.1, 0.15) is 29.8 Å². The van der Waals surface area contributed by atoms with Gasteiger partial charge in [0.05, 0.1) is 4.21 Å². The standard InChI is InChI=1S/C19H19F5N4O3S3/c1-11-12(2)33-16(32-9-4-3-7-18(20,21)19(22,23)24)14-15(26-17(29)28(11)14)27-34(30,31)13-6-5-8-25-10-13/h5-6,8,10H,3-4,7,9H2,1-2H3,(H,26,27,29). The van der Waals surface area contributed by atoms with Crippen molar-refractivity contribution in [1.29, 1.82) is 0 Å². The summed E-state index contributed by atoms with van der Waals surface area (Å²) < 4.78 is 92.6. The van der Waals surface area contributed by atoms with E-state index in [1.165, 1.54) is 34.2 Å². The molecule has 0 atom stereocenters. The number of fused-ring (bicyclic) bond motifs is 1. The van der Waals surface area contributed by atoms with Crippen molar-refractivity contribution in [3.05, 3.63) is 45.6 Å². The van der Waals surface area contributed by atoms with Crippen LogP contribution < -0.4 is 10.4 Å². The zero-order chi connectivity index (χ0) is 25.3. The number of anilines is 1. The third-order valence-electron chi connectivity index (χ3n) is 4.84. The minimum atomic E-state index is -5.59. The summed E-state index contributed by atoms with van der Waals surface area (Å²) in [7, 11) is -4.11. The second-order valence-corrected chi connectivity index (χ2v) is 11.5. The van der Waals surface area contributed by atoms with E-state index in [0.717, 1.165) is 22.8 Å². The minimum absolute atomic E-state index is 0.0528. The highest BCUT2D eigenvalue weighted by atomic mass is 32.2. The van der Waals surface area contributed by atoms with Crippen LogP contribution in [0, 0.1) is 13.8 Å². The van der Waals surface area contributed by atoms with E-state index in [2.05, 4.69) is 14.7 Å². The van der Waals surface area contributed by atoms with Gasteiger partial charge in [0.2, 0.25) is 0 Å². The van der Waals surface area contributed by atoms with Crippen LogP contribution in [0.3, 0.4) is 0 Å². The van der Waals surface area contributed by atoms with Crippen LogP contribution in [0.25, 0.3) is 5.69 Å². The SMILES string of the molecule is Cc1sc(SCCCCC(F)(F)C(F)(F)F)c2c(NS(=O)(=O)c3cccnc3)nc(=O)n-2c1C. The van der Waals surface area contributed by atoms with Crippen molar-refractivity contribution in [2.45, 2.75) is 54.3 Å². The lowest BCUT2D eigenvalue weighted by molar-refractivity contribution is -0.284. The number of nitrogens with zero attached hydrogens (tertiary/aromatic N) is 3. The summed E-state index contributed by atoms with van der Waals surface area (Å²) in [5.41, 5.74) is 0.0219. The molecule has 0 bridgehead atoms. The summed E-state index contributed by atoms with van der Waals surface area (Å²) in [6.07, 6.45) is -4.70. The summed E-state index contributed by atoms with van der Waals surface area (Å²) in [6, 6.07) is 2.74. The molecule has 7 nitrogen and oxygen atoms in total. The number of pyridine rings is 1. The maximum atomic E-state index is 13.1. The lowest BCUT2D eigenvalue weighted by atomic mass is 10.1. The molecule has 2 aliphatic heterocycles. The number of aryl methyl sites for hydroxylation is 1. The second kappa shape index (κ2) is 9.77. The topological polar surface area (TPSA) is 94.0 Å². The number of unbranched alkanes of at least 4 members (excludes halogenated alkanes) is 1. The van der Waals surface area contributed by atoms with Gasteiger partial charge in [0.1, 0.15) is 10.6 Å². The number of thioether (sulfide) groups is 1. The molecule has 34 heavy (non-hydrogen) atoms. The maximum absolute atomic E-state index is 13.1. The van der Waals surface area contributed by atoms with Gasteiger partial charge in [-0.1, -0.05) is 0 Å². The predicted molar refractivity (Wildman–Crippen MR) is 119 cm³/mol. The zero-order valence-electron chi connectivity index (χ0n) is 17.8. The molecule has 1 aromatic rings. The molecule has 3 rings (SSSR count). The Morgan fingerprint density at radius 3 is 2.50 bits per heavy atom. The third-order valence-corrected chi connectivity index (χ3v) is 8.70. The average molecular weight is 543 g/mol. The molecular formula is C19H19F5N4O3S3. The van der Waals surface area contributed by atoms with Crippen LogP contribution in [-0.4, -0.2) is 40.8 Å². The quantitative estimate of drug-likeness (QED) is 0.232. The normalized spacial score (nSPS) is 12.9. The van der Waals surface area contributed by atoms with E-state index >= 15 is 0 Å². The van der Waals surface area contributed by atoms with E-state index < -0.39 is 34.2 Å². The molecule has 0 unspecified atom stereocenters. The first-order chi connectivity index (χ1) is 15.7. The fraction of sp³-hybridized carbons (Fsp3) is 0.421. The molecule has 186 valence electrons. The Kier molecular flexibility index (Phi) is 7.57. The van der Waals surface area contributed by atoms with Crippen molar-refractivity contribution in [3.63, 3.8) is 0 Å². The maximum Gasteiger partial charge on any atom is 0.453 e. The number of halogens is 5. The molecule has 3 heterocycles. The van der Waals surface area contributed by atoms with Crippen molar-refractivity contribution in [3.8, 4) is 5.69 Å². The van der Waals surface area contributed by atoms with E-state index in [0.29, 0.717) is 9.90 Å². The van der Waals surface area contributed by atoms with E-state index in [1.807, 2.05) is 0 Å². The second-order valence-electron chi connectivity index (χ2n) is 7.26. The largest absolute Gasteiger partial charge is 0.453 e. The van der Waals surface area contributed by atoms with E-state index in [-0.39, 0.29) is 35.0 Å². The minimum Gasteiger partial charge on any atom is -0.263 e. The Morgan fingerprint density at radius 1 is 1.18 bits per heavy atom. The molecule has 0 aromatic carbocycles. The van der Waals surface area contributed by atoms with Gasteiger partial charge >= 0.3 is 17.8 Å². The van der Waals surface area contributed by atoms with E-state index in [4.69, 9.17) is 0 Å². The van der Waals surface area contributed by atoms with Gasteiger partial charge in [0.25, 0.3) is 10.0 Å². The monoisotopic (exact) mass is 542 g/mol. The Hall–Kier alpha value is -2.26. The molecule has 0 aliphatic carbocycles. The van der Waals surface area contributed by atoms with E-state index in [9.17, 15) is 35.2 Å². The first-order valence-corrected chi connectivity index (χ1v) is 13.1. The highest BCUT2D eigenvalue weighted by Crippen LogP contribution is 2.41. The van der Waals surface area contributed by atoms with Crippen LogP contribution in [0.4, 0.5) is 27.8 Å². The van der Waals surface area contributed by atoms with Crippen LogP contribution in [0.15, 0.2) is 38.4 Å². The van der Waals surface area contributed by atoms with Crippen LogP contribution in [-0.2, 0) is 10.0 Å². The number of hydrogen-bond donors (Lipinski definition) is 1. The molecular weight excluding hydrogens is 523 g/mol. The first-order valence-electron chi connectivity index (χ1n) is 9.77. The molecule has 0 amide bonds. The summed E-state index contributed by atoms with van der Waals surface area (Å²) in [5, 5.41) is 0. The summed E-state index contributed by atoms with van der Waals surface area (Å²) in [6.45, 7) is 3.40. The molecule has 15 heteroatoms. The van der Waals surface area contributed by atoms with Gasteiger partial charge < -0.3 is 0 Å². The number of sulfonamides is 1. The number of alkyl halides is 5. The Morgan fingerprint density at radius 2 is 1.88 bits per heavy atom. The lowest BCUT2D eigenvalue weighted by Gasteiger charge is -2.19. The first kappa shape index (κ1) is 26.3. The molecule has 0 saturated heterocycles. The smallest absolute Gasteiger partial charge is 0.263 e. The lowest BCUT2D eigenvalue weighted by Crippen LogP contribution is -2.36. The molecule has 0 spiro atoms. The molecule has 2 aliphatic rings. The van der Waals surface area contributed by atoms with Crippen molar-refractivity contribution in [2.75, 3.05) is 10.5 Å². The third kappa shape index (κ3) is 5.51. The molecule has 0 saturated carbocycles. The molecule has 0 fully saturated rings. The zero-order valence-corrected chi connectivity index (χ0v) is 20.3. The van der Waals surface area contributed by atoms with Gasteiger partial charge in [0, 0.05) is 29.4 Å². The van der Waals surface area contributed by atoms with Crippen molar-refractivity contribution in [1.82, 2.24) is 14.5 Å². The molecule has 1 N–H and O–H groups in total. The van der Waals surface area contributed by atoms with Gasteiger partial charge in [-0.2, -0.15) is 26.9 Å². The van der Waals surface area contributed by atoms with Crippen LogP contribution in [0.2, 0.25) is 0 Å². The number of hydrogen-bond acceptors (Lipinski definition) is 7. The summed E-state index contributed by atoms with van der Waals surface area (Å²) >= 11 is 2.36.